The van der Waals surface area contributed by atoms with Crippen molar-refractivity contribution in [2.45, 2.75) is 13.8 Å². The first-order valence-corrected chi connectivity index (χ1v) is 6.45. The molecule has 0 saturated heterocycles. The van der Waals surface area contributed by atoms with Gasteiger partial charge >= 0.3 is 101 Å². The van der Waals surface area contributed by atoms with Crippen LogP contribution in [0.25, 0.3) is 0 Å². The summed E-state index contributed by atoms with van der Waals surface area (Å²) >= 11 is 0.0846. The molecule has 0 radical (unpaired) electrons. The van der Waals surface area contributed by atoms with E-state index in [1.54, 1.807) is 6.92 Å². The number of carbonyl (C=O) groups is 1. The molecule has 2 nitrogen and oxygen atoms in total. The zero-order valence-corrected chi connectivity index (χ0v) is 10.9. The van der Waals surface area contributed by atoms with E-state index in [0.717, 1.165) is 6.08 Å². The van der Waals surface area contributed by atoms with Crippen molar-refractivity contribution in [1.82, 2.24) is 0 Å². The maximum atomic E-state index is 10.3. The third kappa shape index (κ3) is 4.84. The van der Waals surface area contributed by atoms with Crippen LogP contribution < -0.4 is 4.46 Å². The monoisotopic (exact) mass is 280 g/mol. The molecule has 0 atom stereocenters. The van der Waals surface area contributed by atoms with Crippen LogP contribution in [0.1, 0.15) is 12.5 Å². The topological polar surface area (TPSA) is 37.3 Å². The van der Waals surface area contributed by atoms with Crippen molar-refractivity contribution in [3.8, 4) is 10.7 Å². The molecule has 0 saturated carbocycles. The van der Waals surface area contributed by atoms with Crippen LogP contribution in [0.4, 0.5) is 0 Å². The van der Waals surface area contributed by atoms with Crippen molar-refractivity contribution < 1.29 is 9.90 Å². The van der Waals surface area contributed by atoms with Gasteiger partial charge in [-0.1, -0.05) is 0 Å². The second-order valence-electron chi connectivity index (χ2n) is 3.31. The van der Waals surface area contributed by atoms with Crippen LogP contribution in [-0.4, -0.2) is 26.0 Å². The Morgan fingerprint density at radius 3 is 2.56 bits per heavy atom. The summed E-state index contributed by atoms with van der Waals surface area (Å²) in [4.78, 5) is 13.3. The summed E-state index contributed by atoms with van der Waals surface area (Å²) in [6.45, 7) is 3.74. The van der Waals surface area contributed by atoms with Gasteiger partial charge in [-0.15, -0.1) is 0 Å². The van der Waals surface area contributed by atoms with Crippen LogP contribution in [0.15, 0.2) is 35.9 Å². The number of rotatable bonds is 2. The average molecular weight is 279 g/mol. The van der Waals surface area contributed by atoms with Gasteiger partial charge in [-0.3, -0.25) is 0 Å². The molecule has 0 aromatic heterocycles. The van der Waals surface area contributed by atoms with E-state index in [0.29, 0.717) is 5.57 Å². The number of aryl methyl sites for hydroxylation is 1. The Kier molecular flexibility index (Phi) is 4.85. The Morgan fingerprint density at radius 2 is 2.00 bits per heavy atom. The van der Waals surface area contributed by atoms with Gasteiger partial charge in [0.15, 0.2) is 0 Å². The molecule has 1 aromatic rings. The predicted molar refractivity (Wildman–Crippen MR) is 65.7 cm³/mol. The fourth-order valence-corrected chi connectivity index (χ4v) is 2.26. The molecule has 0 spiro atoms. The molecule has 3 heteroatoms. The first kappa shape index (κ1) is 12.6. The van der Waals surface area contributed by atoms with Crippen molar-refractivity contribution >= 4 is 25.4 Å². The van der Waals surface area contributed by atoms with Crippen molar-refractivity contribution in [3.05, 3.63) is 41.5 Å². The maximum absolute atomic E-state index is 10.3. The van der Waals surface area contributed by atoms with Crippen LogP contribution in [0.2, 0.25) is 0 Å². The van der Waals surface area contributed by atoms with Crippen LogP contribution in [0.5, 0.6) is 0 Å². The third-order valence-corrected chi connectivity index (χ3v) is 3.27. The van der Waals surface area contributed by atoms with E-state index in [9.17, 15) is 4.79 Å². The molecule has 82 valence electrons. The predicted octanol–water partition coefficient (Wildman–Crippen LogP) is 1.32. The van der Waals surface area contributed by atoms with Gasteiger partial charge in [-0.2, -0.15) is 0 Å². The molecule has 0 amide bonds. The summed E-state index contributed by atoms with van der Waals surface area (Å²) in [7, 11) is 0. The van der Waals surface area contributed by atoms with E-state index in [1.807, 2.05) is 6.92 Å². The van der Waals surface area contributed by atoms with Gasteiger partial charge in [0.25, 0.3) is 0 Å². The van der Waals surface area contributed by atoms with Gasteiger partial charge in [0.05, 0.1) is 0 Å². The first-order chi connectivity index (χ1) is 7.58. The van der Waals surface area contributed by atoms with Crippen LogP contribution in [0, 0.1) is 17.7 Å². The van der Waals surface area contributed by atoms with E-state index in [4.69, 9.17) is 5.11 Å². The number of aliphatic carboxylic acids is 1. The molecule has 0 aliphatic heterocycles. The van der Waals surface area contributed by atoms with E-state index >= 15 is 0 Å². The molecule has 0 aliphatic rings. The molecular weight excluding hydrogens is 267 g/mol. The Labute approximate surface area is 102 Å². The minimum atomic E-state index is -0.949. The van der Waals surface area contributed by atoms with Crippen molar-refractivity contribution in [2.75, 3.05) is 0 Å². The molecular formula is C13H12O2Se. The minimum absolute atomic E-state index is 0.0846. The standard InChI is InChI=1S/C13H12O2Se/c1-10-3-5-12(6-4-10)16-8-7-11(2)9-13(14)15/h3-6,9H,1-2H3,(H,14,15). The van der Waals surface area contributed by atoms with E-state index in [2.05, 4.69) is 35.0 Å². The molecule has 1 rings (SSSR count). The second-order valence-corrected chi connectivity index (χ2v) is 5.15. The van der Waals surface area contributed by atoms with Gasteiger partial charge in [-0.25, -0.2) is 0 Å². The molecule has 0 aliphatic carbocycles. The Hall–Kier alpha value is -1.49. The van der Waals surface area contributed by atoms with Crippen molar-refractivity contribution in [2.24, 2.45) is 0 Å². The summed E-state index contributed by atoms with van der Waals surface area (Å²) in [6, 6.07) is 8.22. The van der Waals surface area contributed by atoms with Gasteiger partial charge in [-0.05, 0) is 0 Å². The Balaban J connectivity index is 2.61. The van der Waals surface area contributed by atoms with Gasteiger partial charge in [0, 0.05) is 0 Å². The summed E-state index contributed by atoms with van der Waals surface area (Å²) < 4.78 is 1.20. The number of hydrogen-bond acceptors (Lipinski definition) is 1. The molecule has 0 bridgehead atoms. The quantitative estimate of drug-likeness (QED) is 0.503. The van der Waals surface area contributed by atoms with E-state index in [1.165, 1.54) is 10.0 Å². The zero-order chi connectivity index (χ0) is 12.0. The summed E-state index contributed by atoms with van der Waals surface area (Å²) in [5.74, 6) is 1.89. The van der Waals surface area contributed by atoms with Gasteiger partial charge in [0.1, 0.15) is 0 Å². The summed E-state index contributed by atoms with van der Waals surface area (Å²) in [5, 5.41) is 8.49. The van der Waals surface area contributed by atoms with Crippen molar-refractivity contribution in [3.63, 3.8) is 0 Å². The molecule has 1 N–H and O–H groups in total. The summed E-state index contributed by atoms with van der Waals surface area (Å²) in [6.07, 6.45) is 1.12. The van der Waals surface area contributed by atoms with Crippen LogP contribution >= 0.6 is 0 Å². The van der Waals surface area contributed by atoms with Crippen LogP contribution in [-0.2, 0) is 4.79 Å². The Morgan fingerprint density at radius 1 is 1.38 bits per heavy atom. The number of allylic oxidation sites excluding steroid dienone is 1. The number of carboxylic acids is 1. The molecule has 0 heterocycles. The van der Waals surface area contributed by atoms with Crippen LogP contribution in [0.3, 0.4) is 0 Å². The van der Waals surface area contributed by atoms with Gasteiger partial charge in [0.2, 0.25) is 0 Å². The Bertz CT molecular complexity index is 461. The first-order valence-electron chi connectivity index (χ1n) is 4.73. The van der Waals surface area contributed by atoms with Gasteiger partial charge < -0.3 is 0 Å². The molecule has 16 heavy (non-hydrogen) atoms. The third-order valence-electron chi connectivity index (χ3n) is 1.78. The van der Waals surface area contributed by atoms with Crippen molar-refractivity contribution in [1.29, 1.82) is 0 Å². The molecule has 0 fully saturated rings. The SMILES string of the molecule is CC(C#C[Se]c1ccc(C)cc1)=CC(=O)O. The fourth-order valence-electron chi connectivity index (χ4n) is 0.993. The molecule has 0 unspecified atom stereocenters. The van der Waals surface area contributed by atoms with E-state index in [-0.39, 0.29) is 15.0 Å². The summed E-state index contributed by atoms with van der Waals surface area (Å²) in [5.41, 5.74) is 1.82. The fraction of sp³-hybridized carbons (Fsp3) is 0.154. The number of carboxylic acid groups (broad SMARTS) is 1. The normalized spacial score (nSPS) is 10.5. The number of hydrogen-bond donors (Lipinski definition) is 1. The molecule has 1 aromatic carbocycles. The number of benzene rings is 1. The van der Waals surface area contributed by atoms with E-state index < -0.39 is 5.97 Å². The second kappa shape index (κ2) is 6.17. The average Bonchev–Trinajstić information content (AvgIpc) is 2.20. The zero-order valence-electron chi connectivity index (χ0n) is 9.15.